The standard InChI is InChI=1S/C16H24O3/c1-11-9-12(15(2,3)4)7-8-13(11)19-10-16(5,6)14(17)18/h7-9H,10H2,1-6H3,(H,17,18). The highest BCUT2D eigenvalue weighted by Gasteiger charge is 2.28. The largest absolute Gasteiger partial charge is 0.492 e. The van der Waals surface area contributed by atoms with Gasteiger partial charge >= 0.3 is 5.97 Å². The zero-order valence-corrected chi connectivity index (χ0v) is 12.7. The predicted molar refractivity (Wildman–Crippen MR) is 76.8 cm³/mol. The number of carboxylic acid groups (broad SMARTS) is 1. The smallest absolute Gasteiger partial charge is 0.312 e. The second kappa shape index (κ2) is 5.24. The fourth-order valence-corrected chi connectivity index (χ4v) is 1.60. The molecule has 0 aliphatic heterocycles. The molecule has 0 aliphatic rings. The number of benzene rings is 1. The van der Waals surface area contributed by atoms with Gasteiger partial charge in [-0.15, -0.1) is 0 Å². The monoisotopic (exact) mass is 264 g/mol. The normalized spacial score (nSPS) is 12.3. The molecule has 3 nitrogen and oxygen atoms in total. The summed E-state index contributed by atoms with van der Waals surface area (Å²) in [6, 6.07) is 6.06. The molecule has 0 saturated carbocycles. The van der Waals surface area contributed by atoms with Crippen molar-refractivity contribution in [3.05, 3.63) is 29.3 Å². The molecule has 0 amide bonds. The first-order chi connectivity index (χ1) is 8.54. The maximum Gasteiger partial charge on any atom is 0.312 e. The topological polar surface area (TPSA) is 46.5 Å². The van der Waals surface area contributed by atoms with Gasteiger partial charge in [-0.1, -0.05) is 32.9 Å². The van der Waals surface area contributed by atoms with E-state index < -0.39 is 11.4 Å². The van der Waals surface area contributed by atoms with E-state index >= 15 is 0 Å². The fourth-order valence-electron chi connectivity index (χ4n) is 1.60. The first-order valence-corrected chi connectivity index (χ1v) is 6.51. The third-order valence-corrected chi connectivity index (χ3v) is 3.21. The average molecular weight is 264 g/mol. The first kappa shape index (κ1) is 15.5. The van der Waals surface area contributed by atoms with Gasteiger partial charge in [-0.25, -0.2) is 0 Å². The van der Waals surface area contributed by atoms with Crippen LogP contribution in [0.3, 0.4) is 0 Å². The average Bonchev–Trinajstić information content (AvgIpc) is 2.25. The molecule has 0 spiro atoms. The molecule has 0 atom stereocenters. The Morgan fingerprint density at radius 2 is 1.79 bits per heavy atom. The molecule has 1 N–H and O–H groups in total. The van der Waals surface area contributed by atoms with Crippen molar-refractivity contribution in [1.82, 2.24) is 0 Å². The molecule has 3 heteroatoms. The van der Waals surface area contributed by atoms with Crippen LogP contribution in [0.15, 0.2) is 18.2 Å². The van der Waals surface area contributed by atoms with Crippen molar-refractivity contribution >= 4 is 5.97 Å². The van der Waals surface area contributed by atoms with E-state index in [-0.39, 0.29) is 12.0 Å². The summed E-state index contributed by atoms with van der Waals surface area (Å²) in [5.74, 6) is -0.0983. The van der Waals surface area contributed by atoms with Crippen molar-refractivity contribution < 1.29 is 14.6 Å². The van der Waals surface area contributed by atoms with Gasteiger partial charge in [-0.2, -0.15) is 0 Å². The quantitative estimate of drug-likeness (QED) is 0.900. The lowest BCUT2D eigenvalue weighted by Crippen LogP contribution is -2.30. The molecular weight excluding hydrogens is 240 g/mol. The molecular formula is C16H24O3. The van der Waals surface area contributed by atoms with Crippen LogP contribution < -0.4 is 4.74 Å². The van der Waals surface area contributed by atoms with Crippen LogP contribution in [0.25, 0.3) is 0 Å². The molecule has 0 radical (unpaired) electrons. The van der Waals surface area contributed by atoms with E-state index in [1.54, 1.807) is 13.8 Å². The molecule has 0 aromatic heterocycles. The second-order valence-electron chi connectivity index (χ2n) is 6.71. The number of aryl methyl sites for hydroxylation is 1. The number of hydrogen-bond acceptors (Lipinski definition) is 2. The van der Waals surface area contributed by atoms with Crippen molar-refractivity contribution in [3.8, 4) is 5.75 Å². The summed E-state index contributed by atoms with van der Waals surface area (Å²) >= 11 is 0. The Morgan fingerprint density at radius 3 is 2.21 bits per heavy atom. The maximum atomic E-state index is 11.0. The minimum Gasteiger partial charge on any atom is -0.492 e. The van der Waals surface area contributed by atoms with E-state index in [0.717, 1.165) is 11.3 Å². The zero-order chi connectivity index (χ0) is 14.8. The molecule has 0 bridgehead atoms. The number of rotatable bonds is 4. The highest BCUT2D eigenvalue weighted by molar-refractivity contribution is 5.73. The number of hydrogen-bond donors (Lipinski definition) is 1. The Kier molecular flexibility index (Phi) is 4.28. The van der Waals surface area contributed by atoms with E-state index in [1.165, 1.54) is 5.56 Å². The summed E-state index contributed by atoms with van der Waals surface area (Å²) < 4.78 is 5.65. The molecule has 0 unspecified atom stereocenters. The number of carboxylic acids is 1. The van der Waals surface area contributed by atoms with Gasteiger partial charge in [-0.3, -0.25) is 4.79 Å². The molecule has 1 rings (SSSR count). The van der Waals surface area contributed by atoms with Crippen LogP contribution in [0, 0.1) is 12.3 Å². The van der Waals surface area contributed by atoms with Crippen LogP contribution in [-0.2, 0) is 10.2 Å². The second-order valence-corrected chi connectivity index (χ2v) is 6.71. The predicted octanol–water partition coefficient (Wildman–Crippen LogP) is 3.78. The van der Waals surface area contributed by atoms with E-state index in [4.69, 9.17) is 9.84 Å². The minimum absolute atomic E-state index is 0.101. The Morgan fingerprint density at radius 1 is 1.21 bits per heavy atom. The summed E-state index contributed by atoms with van der Waals surface area (Å²) in [4.78, 5) is 11.0. The van der Waals surface area contributed by atoms with Crippen LogP contribution in [0.5, 0.6) is 5.75 Å². The lowest BCUT2D eigenvalue weighted by molar-refractivity contribution is -0.148. The van der Waals surface area contributed by atoms with Crippen LogP contribution in [0.1, 0.15) is 45.7 Å². The zero-order valence-electron chi connectivity index (χ0n) is 12.7. The molecule has 0 heterocycles. The third kappa shape index (κ3) is 3.98. The van der Waals surface area contributed by atoms with Gasteiger partial charge in [0.05, 0.1) is 5.41 Å². The molecule has 1 aromatic rings. The molecule has 0 aliphatic carbocycles. The number of aliphatic carboxylic acids is 1. The fraction of sp³-hybridized carbons (Fsp3) is 0.562. The van der Waals surface area contributed by atoms with Crippen molar-refractivity contribution in [2.75, 3.05) is 6.61 Å². The SMILES string of the molecule is Cc1cc(C(C)(C)C)ccc1OCC(C)(C)C(=O)O. The molecule has 0 saturated heterocycles. The number of ether oxygens (including phenoxy) is 1. The molecule has 19 heavy (non-hydrogen) atoms. The summed E-state index contributed by atoms with van der Waals surface area (Å²) in [7, 11) is 0. The van der Waals surface area contributed by atoms with Crippen molar-refractivity contribution in [2.24, 2.45) is 5.41 Å². The van der Waals surface area contributed by atoms with Crippen LogP contribution in [-0.4, -0.2) is 17.7 Å². The summed E-state index contributed by atoms with van der Waals surface area (Å²) in [6.07, 6.45) is 0. The Balaban J connectivity index is 2.85. The maximum absolute atomic E-state index is 11.0. The van der Waals surface area contributed by atoms with E-state index in [9.17, 15) is 4.79 Å². The molecule has 0 fully saturated rings. The van der Waals surface area contributed by atoms with Crippen molar-refractivity contribution in [3.63, 3.8) is 0 Å². The van der Waals surface area contributed by atoms with E-state index in [2.05, 4.69) is 26.8 Å². The highest BCUT2D eigenvalue weighted by Crippen LogP contribution is 2.28. The number of carbonyl (C=O) groups is 1. The molecule has 1 aromatic carbocycles. The first-order valence-electron chi connectivity index (χ1n) is 6.51. The van der Waals surface area contributed by atoms with Crippen LogP contribution >= 0.6 is 0 Å². The van der Waals surface area contributed by atoms with Gasteiger partial charge in [0.15, 0.2) is 0 Å². The van der Waals surface area contributed by atoms with Crippen LogP contribution in [0.2, 0.25) is 0 Å². The van der Waals surface area contributed by atoms with Gasteiger partial charge in [-0.05, 0) is 43.4 Å². The van der Waals surface area contributed by atoms with E-state index in [0.29, 0.717) is 0 Å². The Hall–Kier alpha value is -1.51. The lowest BCUT2D eigenvalue weighted by atomic mass is 9.86. The minimum atomic E-state index is -0.880. The Bertz CT molecular complexity index is 467. The third-order valence-electron chi connectivity index (χ3n) is 3.21. The van der Waals surface area contributed by atoms with E-state index in [1.807, 2.05) is 19.1 Å². The Labute approximate surface area is 115 Å². The van der Waals surface area contributed by atoms with Crippen molar-refractivity contribution in [2.45, 2.75) is 47.0 Å². The van der Waals surface area contributed by atoms with Crippen LogP contribution in [0.4, 0.5) is 0 Å². The summed E-state index contributed by atoms with van der Waals surface area (Å²) in [6.45, 7) is 12.0. The van der Waals surface area contributed by atoms with Gasteiger partial charge in [0.2, 0.25) is 0 Å². The van der Waals surface area contributed by atoms with Crippen molar-refractivity contribution in [1.29, 1.82) is 0 Å². The van der Waals surface area contributed by atoms with Gasteiger partial charge in [0.1, 0.15) is 12.4 Å². The van der Waals surface area contributed by atoms with Gasteiger partial charge in [0, 0.05) is 0 Å². The van der Waals surface area contributed by atoms with Gasteiger partial charge < -0.3 is 9.84 Å². The lowest BCUT2D eigenvalue weighted by Gasteiger charge is -2.23. The summed E-state index contributed by atoms with van der Waals surface area (Å²) in [5, 5.41) is 9.06. The highest BCUT2D eigenvalue weighted by atomic mass is 16.5. The summed E-state index contributed by atoms with van der Waals surface area (Å²) in [5.41, 5.74) is 1.50. The molecule has 106 valence electrons. The van der Waals surface area contributed by atoms with Gasteiger partial charge in [0.25, 0.3) is 0 Å².